The van der Waals surface area contributed by atoms with E-state index in [9.17, 15) is 13.6 Å². The molecule has 0 atom stereocenters. The van der Waals surface area contributed by atoms with Crippen molar-refractivity contribution in [1.29, 1.82) is 0 Å². The fourth-order valence-corrected chi connectivity index (χ4v) is 2.98. The second kappa shape index (κ2) is 10.7. The minimum absolute atomic E-state index is 0.0737. The SMILES string of the molecule is COc1cc(CN(C)C(=O)C=Cc2cc(Cl)c(OC)c(OC)c2)ccc1OC(F)F. The van der Waals surface area contributed by atoms with Crippen LogP contribution in [0.5, 0.6) is 23.0 Å². The quantitative estimate of drug-likeness (QED) is 0.531. The first-order valence-corrected chi connectivity index (χ1v) is 9.13. The van der Waals surface area contributed by atoms with Gasteiger partial charge in [-0.3, -0.25) is 4.79 Å². The van der Waals surface area contributed by atoms with Crippen molar-refractivity contribution in [3.63, 3.8) is 0 Å². The first kappa shape index (κ1) is 23.3. The van der Waals surface area contributed by atoms with Crippen LogP contribution in [-0.4, -0.2) is 45.8 Å². The minimum Gasteiger partial charge on any atom is -0.493 e. The summed E-state index contributed by atoms with van der Waals surface area (Å²) in [6, 6.07) is 7.85. The van der Waals surface area contributed by atoms with E-state index in [1.165, 1.54) is 38.4 Å². The highest BCUT2D eigenvalue weighted by atomic mass is 35.5. The molecule has 0 spiro atoms. The van der Waals surface area contributed by atoms with E-state index >= 15 is 0 Å². The van der Waals surface area contributed by atoms with E-state index in [1.807, 2.05) is 0 Å². The summed E-state index contributed by atoms with van der Waals surface area (Å²) in [4.78, 5) is 13.9. The number of benzene rings is 2. The maximum Gasteiger partial charge on any atom is 0.387 e. The van der Waals surface area contributed by atoms with Crippen molar-refractivity contribution < 1.29 is 32.5 Å². The highest BCUT2D eigenvalue weighted by Gasteiger charge is 2.14. The Morgan fingerprint density at radius 3 is 2.37 bits per heavy atom. The molecular weight excluding hydrogens is 420 g/mol. The number of ether oxygens (including phenoxy) is 4. The topological polar surface area (TPSA) is 57.2 Å². The Kier molecular flexibility index (Phi) is 8.29. The summed E-state index contributed by atoms with van der Waals surface area (Å²) >= 11 is 6.17. The molecule has 6 nitrogen and oxygen atoms in total. The molecule has 9 heteroatoms. The molecule has 0 saturated heterocycles. The lowest BCUT2D eigenvalue weighted by atomic mass is 10.1. The summed E-state index contributed by atoms with van der Waals surface area (Å²) in [5.74, 6) is 0.670. The van der Waals surface area contributed by atoms with Gasteiger partial charge >= 0.3 is 6.61 Å². The number of halogens is 3. The molecule has 0 heterocycles. The standard InChI is InChI=1S/C21H22ClF2NO5/c1-25(12-14-5-7-16(30-21(23)24)17(11-14)27-2)19(26)8-6-13-9-15(22)20(29-4)18(10-13)28-3/h5-11,21H,12H2,1-4H3. The lowest BCUT2D eigenvalue weighted by molar-refractivity contribution is -0.125. The number of nitrogens with zero attached hydrogens (tertiary/aromatic N) is 1. The largest absolute Gasteiger partial charge is 0.493 e. The number of carbonyl (C=O) groups excluding carboxylic acids is 1. The van der Waals surface area contributed by atoms with Gasteiger partial charge in [0.25, 0.3) is 0 Å². The van der Waals surface area contributed by atoms with Crippen LogP contribution in [0.15, 0.2) is 36.4 Å². The molecule has 0 aliphatic heterocycles. The molecule has 0 fully saturated rings. The van der Waals surface area contributed by atoms with Crippen LogP contribution < -0.4 is 18.9 Å². The first-order valence-electron chi connectivity index (χ1n) is 8.75. The van der Waals surface area contributed by atoms with Crippen LogP contribution in [0, 0.1) is 0 Å². The number of hydrogen-bond acceptors (Lipinski definition) is 5. The van der Waals surface area contributed by atoms with Crippen molar-refractivity contribution in [2.24, 2.45) is 0 Å². The zero-order valence-corrected chi connectivity index (χ0v) is 17.7. The smallest absolute Gasteiger partial charge is 0.387 e. The van der Waals surface area contributed by atoms with Crippen molar-refractivity contribution in [2.45, 2.75) is 13.2 Å². The molecule has 2 aromatic carbocycles. The number of likely N-dealkylation sites (N-methyl/N-ethyl adjacent to an activating group) is 1. The maximum atomic E-state index is 12.4. The van der Waals surface area contributed by atoms with Gasteiger partial charge in [-0.15, -0.1) is 0 Å². The Hall–Kier alpha value is -3.00. The zero-order chi connectivity index (χ0) is 22.3. The summed E-state index contributed by atoms with van der Waals surface area (Å²) in [5.41, 5.74) is 1.35. The predicted octanol–water partition coefficient (Wildman–Crippen LogP) is 4.64. The van der Waals surface area contributed by atoms with Crippen LogP contribution in [0.1, 0.15) is 11.1 Å². The van der Waals surface area contributed by atoms with E-state index in [0.717, 1.165) is 0 Å². The summed E-state index contributed by atoms with van der Waals surface area (Å²) in [5, 5.41) is 0.357. The molecule has 0 saturated carbocycles. The number of rotatable bonds is 9. The van der Waals surface area contributed by atoms with Crippen LogP contribution in [0.3, 0.4) is 0 Å². The Labute approximate surface area is 178 Å². The lowest BCUT2D eigenvalue weighted by Crippen LogP contribution is -2.24. The van der Waals surface area contributed by atoms with Crippen molar-refractivity contribution >= 4 is 23.6 Å². The van der Waals surface area contributed by atoms with Crippen molar-refractivity contribution in [1.82, 2.24) is 4.90 Å². The van der Waals surface area contributed by atoms with E-state index in [2.05, 4.69) is 4.74 Å². The van der Waals surface area contributed by atoms with E-state index in [0.29, 0.717) is 27.6 Å². The van der Waals surface area contributed by atoms with Gasteiger partial charge in [0.05, 0.1) is 26.4 Å². The van der Waals surface area contributed by atoms with Crippen LogP contribution in [0.4, 0.5) is 8.78 Å². The zero-order valence-electron chi connectivity index (χ0n) is 16.9. The Balaban J connectivity index is 2.10. The third-order valence-electron chi connectivity index (χ3n) is 4.11. The summed E-state index contributed by atoms with van der Waals surface area (Å²) in [6.07, 6.45) is 3.00. The summed E-state index contributed by atoms with van der Waals surface area (Å²) < 4.78 is 44.8. The number of hydrogen-bond donors (Lipinski definition) is 0. The van der Waals surface area contributed by atoms with Gasteiger partial charge < -0.3 is 23.8 Å². The molecule has 2 rings (SSSR count). The molecule has 2 aromatic rings. The van der Waals surface area contributed by atoms with Gasteiger partial charge in [-0.05, 0) is 41.5 Å². The van der Waals surface area contributed by atoms with Crippen LogP contribution in [0.2, 0.25) is 5.02 Å². The molecule has 0 radical (unpaired) electrons. The number of amides is 1. The van der Waals surface area contributed by atoms with Gasteiger partial charge in [0.1, 0.15) is 0 Å². The molecule has 0 unspecified atom stereocenters. The molecule has 0 aliphatic rings. The molecule has 0 N–H and O–H groups in total. The molecule has 0 bridgehead atoms. The molecule has 30 heavy (non-hydrogen) atoms. The summed E-state index contributed by atoms with van der Waals surface area (Å²) in [7, 11) is 5.94. The molecule has 0 aliphatic carbocycles. The molecular formula is C21H22ClF2NO5. The van der Waals surface area contributed by atoms with E-state index in [1.54, 1.807) is 37.4 Å². The Morgan fingerprint density at radius 2 is 1.77 bits per heavy atom. The van der Waals surface area contributed by atoms with Gasteiger partial charge in [-0.25, -0.2) is 0 Å². The third-order valence-corrected chi connectivity index (χ3v) is 4.40. The van der Waals surface area contributed by atoms with Crippen molar-refractivity contribution in [3.8, 4) is 23.0 Å². The lowest BCUT2D eigenvalue weighted by Gasteiger charge is -2.17. The van der Waals surface area contributed by atoms with Gasteiger partial charge in [-0.1, -0.05) is 17.7 Å². The van der Waals surface area contributed by atoms with Gasteiger partial charge in [0, 0.05) is 19.7 Å². The van der Waals surface area contributed by atoms with Crippen molar-refractivity contribution in [2.75, 3.05) is 28.4 Å². The minimum atomic E-state index is -2.95. The maximum absolute atomic E-state index is 12.4. The molecule has 1 amide bonds. The second-order valence-corrected chi connectivity index (χ2v) is 6.54. The highest BCUT2D eigenvalue weighted by Crippen LogP contribution is 2.36. The van der Waals surface area contributed by atoms with Crippen LogP contribution >= 0.6 is 11.6 Å². The second-order valence-electron chi connectivity index (χ2n) is 6.13. The number of methoxy groups -OCH3 is 3. The van der Waals surface area contributed by atoms with Crippen LogP contribution in [-0.2, 0) is 11.3 Å². The van der Waals surface area contributed by atoms with Crippen molar-refractivity contribution in [3.05, 3.63) is 52.6 Å². The van der Waals surface area contributed by atoms with E-state index < -0.39 is 6.61 Å². The molecule has 0 aromatic heterocycles. The first-order chi connectivity index (χ1) is 14.3. The predicted molar refractivity (Wildman–Crippen MR) is 110 cm³/mol. The van der Waals surface area contributed by atoms with Gasteiger partial charge in [0.2, 0.25) is 5.91 Å². The normalized spacial score (nSPS) is 10.9. The average Bonchev–Trinajstić information content (AvgIpc) is 2.71. The van der Waals surface area contributed by atoms with Gasteiger partial charge in [0.15, 0.2) is 23.0 Å². The monoisotopic (exact) mass is 441 g/mol. The van der Waals surface area contributed by atoms with Gasteiger partial charge in [-0.2, -0.15) is 8.78 Å². The average molecular weight is 442 g/mol. The fourth-order valence-electron chi connectivity index (χ4n) is 2.68. The van der Waals surface area contributed by atoms with Crippen LogP contribution in [0.25, 0.3) is 6.08 Å². The summed E-state index contributed by atoms with van der Waals surface area (Å²) in [6.45, 7) is -2.72. The molecule has 162 valence electrons. The fraction of sp³-hybridized carbons (Fsp3) is 0.286. The number of alkyl halides is 2. The highest BCUT2D eigenvalue weighted by molar-refractivity contribution is 6.32. The Morgan fingerprint density at radius 1 is 1.07 bits per heavy atom. The van der Waals surface area contributed by atoms with E-state index in [-0.39, 0.29) is 24.0 Å². The number of carbonyl (C=O) groups is 1. The third kappa shape index (κ3) is 6.00. The Bertz CT molecular complexity index is 921. The van der Waals surface area contributed by atoms with E-state index in [4.69, 9.17) is 25.8 Å².